The van der Waals surface area contributed by atoms with E-state index in [4.69, 9.17) is 4.57 Å². The van der Waals surface area contributed by atoms with Gasteiger partial charge in [0.15, 0.2) is 11.2 Å². The van der Waals surface area contributed by atoms with E-state index in [1.54, 1.807) is 0 Å². The van der Waals surface area contributed by atoms with Crippen molar-refractivity contribution in [2.24, 2.45) is 0 Å². The second-order valence-corrected chi connectivity index (χ2v) is 1.82. The summed E-state index contributed by atoms with van der Waals surface area (Å²) in [5.41, 5.74) is 0. The molecule has 4 heavy (non-hydrogen) atoms. The van der Waals surface area contributed by atoms with Crippen LogP contribution in [0.2, 0.25) is 0 Å². The van der Waals surface area contributed by atoms with Crippen LogP contribution < -0.4 is 0 Å². The molecule has 4 heteroatoms. The summed E-state index contributed by atoms with van der Waals surface area (Å²) in [6.45, 7) is 0. The number of hydrogen-bond donors (Lipinski definition) is 0. The Morgan fingerprint density at radius 2 is 2.00 bits per heavy atom. The normalized spacial score (nSPS) is 10.8. The molecule has 0 aliphatic rings. The Balaban J connectivity index is 2.80. The first-order valence-corrected chi connectivity index (χ1v) is 2.84. The van der Waals surface area contributed by atoms with Crippen molar-refractivity contribution in [3.8, 4) is 0 Å². The first-order valence-electron chi connectivity index (χ1n) is 0.610. The lowest BCUT2D eigenvalue weighted by atomic mass is 10.8. The molecule has 0 amide bonds. The summed E-state index contributed by atoms with van der Waals surface area (Å²) in [6, 6.07) is 0. The van der Waals surface area contributed by atoms with Crippen LogP contribution in [0.25, 0.3) is 0 Å². The highest BCUT2D eigenvalue weighted by Gasteiger charge is 1.92. The van der Waals surface area contributed by atoms with Crippen LogP contribution >= 0.6 is 18.3 Å². The van der Waals surface area contributed by atoms with Crippen LogP contribution in [0, 0.1) is 0 Å². The van der Waals surface area contributed by atoms with Crippen molar-refractivity contribution < 1.29 is 4.57 Å². The zero-order valence-electron chi connectivity index (χ0n) is 1.81. The van der Waals surface area contributed by atoms with Crippen molar-refractivity contribution >= 4 is 25.8 Å². The van der Waals surface area contributed by atoms with Crippen LogP contribution in [0.4, 0.5) is 0 Å². The van der Waals surface area contributed by atoms with Gasteiger partial charge >= 0.3 is 14.6 Å². The molecule has 0 aromatic rings. The van der Waals surface area contributed by atoms with Gasteiger partial charge in [-0.1, -0.05) is 4.57 Å². The fourth-order valence-electron chi connectivity index (χ4n) is 0. The third kappa shape index (κ3) is 25.1. The van der Waals surface area contributed by atoms with Crippen LogP contribution in [0.1, 0.15) is 0 Å². The Bertz CT molecular complexity index is 31.0. The van der Waals surface area contributed by atoms with E-state index in [2.05, 4.69) is 18.8 Å². The maximum atomic E-state index is 9.14. The summed E-state index contributed by atoms with van der Waals surface area (Å²) in [7, 11) is 2.49. The predicted molar refractivity (Wildman–Crippen MR) is 19.2 cm³/mol. The van der Waals surface area contributed by atoms with Crippen LogP contribution in [0.15, 0.2) is 0 Å². The molecule has 0 rings (SSSR count). The van der Waals surface area contributed by atoms with Crippen molar-refractivity contribution in [2.75, 3.05) is 0 Å². The van der Waals surface area contributed by atoms with E-state index >= 15 is 0 Å². The monoisotopic (exact) mass is 92.9 g/mol. The lowest BCUT2D eigenvalue weighted by Crippen LogP contribution is -1.25. The average Bonchev–Trinajstić information content (AvgIpc) is 0.811. The molecular weight excluding hydrogens is 93.2 g/mol. The van der Waals surface area contributed by atoms with Crippen molar-refractivity contribution in [1.82, 2.24) is 0 Å². The van der Waals surface area contributed by atoms with Crippen LogP contribution in [-0.4, -0.2) is 7.57 Å². The zero-order valence-corrected chi connectivity index (χ0v) is 3.46. The van der Waals surface area contributed by atoms with Gasteiger partial charge in [-0.05, 0) is 0 Å². The number of rotatable bonds is 0. The van der Waals surface area contributed by atoms with Crippen LogP contribution in [0.3, 0.4) is 0 Å². The van der Waals surface area contributed by atoms with Gasteiger partial charge in [-0.15, -0.1) is 0 Å². The van der Waals surface area contributed by atoms with E-state index in [0.29, 0.717) is 0 Å². The standard InChI is InChI=1S/BClOP/c1-4(2)3/q+1. The number of hydrogen-bond acceptors (Lipinski definition) is 1. The lowest BCUT2D eigenvalue weighted by molar-refractivity contribution is 0.602. The lowest BCUT2D eigenvalue weighted by Gasteiger charge is -1.28. The molecule has 0 aliphatic carbocycles. The maximum absolute atomic E-state index is 9.14. The Morgan fingerprint density at radius 3 is 2.00 bits per heavy atom. The van der Waals surface area contributed by atoms with Gasteiger partial charge in [0.05, 0.1) is 0 Å². The maximum Gasteiger partial charge on any atom is 0.532 e. The van der Waals surface area contributed by atoms with E-state index in [1.807, 2.05) is 0 Å². The molecule has 0 aromatic heterocycles. The third-order valence-electron chi connectivity index (χ3n) is 0. The van der Waals surface area contributed by atoms with Gasteiger partial charge in [0.25, 0.3) is 0 Å². The third-order valence-corrected chi connectivity index (χ3v) is 0. The van der Waals surface area contributed by atoms with Crippen molar-refractivity contribution in [1.29, 1.82) is 0 Å². The molecule has 0 spiro atoms. The highest BCUT2D eigenvalue weighted by molar-refractivity contribution is 7.93. The van der Waals surface area contributed by atoms with Gasteiger partial charge in [0, 0.05) is 0 Å². The molecule has 1 atom stereocenters. The summed E-state index contributed by atoms with van der Waals surface area (Å²) in [4.78, 5) is 0. The average molecular weight is 93.2 g/mol. The van der Waals surface area contributed by atoms with Gasteiger partial charge in [-0.2, -0.15) is 0 Å². The second-order valence-electron chi connectivity index (χ2n) is 0.272. The molecule has 0 saturated heterocycles. The Labute approximate surface area is 31.3 Å². The van der Waals surface area contributed by atoms with Crippen molar-refractivity contribution in [3.63, 3.8) is 0 Å². The molecule has 0 aliphatic heterocycles. The minimum absolute atomic E-state index is 1.90. The molecule has 0 saturated carbocycles. The van der Waals surface area contributed by atoms with Gasteiger partial charge in [0.1, 0.15) is 0 Å². The van der Waals surface area contributed by atoms with Crippen LogP contribution in [-0.2, 0) is 4.57 Å². The van der Waals surface area contributed by atoms with Crippen molar-refractivity contribution in [2.45, 2.75) is 0 Å². The molecule has 1 unspecified atom stereocenters. The minimum Gasteiger partial charge on any atom is -0.0783 e. The highest BCUT2D eigenvalue weighted by atomic mass is 35.7. The van der Waals surface area contributed by atoms with Crippen LogP contribution in [0.5, 0.6) is 0 Å². The van der Waals surface area contributed by atoms with Gasteiger partial charge in [-0.3, -0.25) is 0 Å². The van der Waals surface area contributed by atoms with Gasteiger partial charge in [-0.25, -0.2) is 0 Å². The molecule has 20 valence electrons. The molecule has 0 fully saturated rings. The van der Waals surface area contributed by atoms with Crippen molar-refractivity contribution in [3.05, 3.63) is 0 Å². The summed E-state index contributed by atoms with van der Waals surface area (Å²) < 4.78 is 9.14. The summed E-state index contributed by atoms with van der Waals surface area (Å²) in [6.07, 6.45) is 0. The fraction of sp³-hybridized carbons (Fsp3) is 0. The Kier molecular flexibility index (Phi) is 1.94. The molecule has 0 N–H and O–H groups in total. The van der Waals surface area contributed by atoms with E-state index < -0.39 is 7.03 Å². The smallest absolute Gasteiger partial charge is 0.0783 e. The SMILES string of the molecule is [B][P+](=O)Cl. The topological polar surface area (TPSA) is 17.1 Å². The highest BCUT2D eigenvalue weighted by Crippen LogP contribution is 2.16. The zero-order chi connectivity index (χ0) is 3.58. The summed E-state index contributed by atoms with van der Waals surface area (Å²) in [5, 5.41) is 0. The second kappa shape index (κ2) is 1.74. The largest absolute Gasteiger partial charge is 0.532 e. The van der Waals surface area contributed by atoms with E-state index in [-0.39, 0.29) is 0 Å². The summed E-state index contributed by atoms with van der Waals surface area (Å²) in [5.74, 6) is 0. The Hall–Kier alpha value is 0.455. The predicted octanol–water partition coefficient (Wildman–Crippen LogP) is 1.05. The number of halogens is 1. The minimum atomic E-state index is -1.90. The fourth-order valence-corrected chi connectivity index (χ4v) is 0. The molecule has 1 nitrogen and oxygen atoms in total. The van der Waals surface area contributed by atoms with Gasteiger partial charge < -0.3 is 0 Å². The molecule has 0 aromatic carbocycles. The molecule has 2 radical (unpaired) electrons. The molecule has 0 bridgehead atoms. The van der Waals surface area contributed by atoms with Gasteiger partial charge in [0.2, 0.25) is 0 Å². The van der Waals surface area contributed by atoms with E-state index in [0.717, 1.165) is 0 Å². The quantitative estimate of drug-likeness (QED) is 0.323. The summed E-state index contributed by atoms with van der Waals surface area (Å²) >= 11 is 4.56. The first kappa shape index (κ1) is 4.45. The molecule has 0 heterocycles. The van der Waals surface area contributed by atoms with E-state index in [9.17, 15) is 0 Å². The Morgan fingerprint density at radius 1 is 2.00 bits per heavy atom. The first-order chi connectivity index (χ1) is 1.73. The molecular formula is BClOP+. The van der Waals surface area contributed by atoms with E-state index in [1.165, 1.54) is 0 Å².